The van der Waals surface area contributed by atoms with E-state index in [4.69, 9.17) is 10.5 Å². The zero-order valence-electron chi connectivity index (χ0n) is 15.3. The average Bonchev–Trinajstić information content (AvgIpc) is 2.54. The van der Waals surface area contributed by atoms with Gasteiger partial charge in [-0.1, -0.05) is 66.5 Å². The summed E-state index contributed by atoms with van der Waals surface area (Å²) in [5.74, 6) is 1.42. The fourth-order valence-corrected chi connectivity index (χ4v) is 2.61. The zero-order valence-corrected chi connectivity index (χ0v) is 16.9. The van der Waals surface area contributed by atoms with Crippen LogP contribution in [0, 0.1) is 6.92 Å². The molecule has 0 bridgehead atoms. The first-order valence-electron chi connectivity index (χ1n) is 8.32. The van der Waals surface area contributed by atoms with E-state index in [-0.39, 0.29) is 0 Å². The lowest BCUT2D eigenvalue weighted by molar-refractivity contribution is 0.416. The zero-order chi connectivity index (χ0) is 18.1. The Morgan fingerprint density at radius 1 is 1.17 bits per heavy atom. The quantitative estimate of drug-likeness (QED) is 0.615. The van der Waals surface area contributed by atoms with E-state index in [1.54, 1.807) is 7.11 Å². The summed E-state index contributed by atoms with van der Waals surface area (Å²) < 4.78 is 6.16. The Morgan fingerprint density at radius 2 is 1.79 bits per heavy atom. The molecule has 0 unspecified atom stereocenters. The Bertz CT molecular complexity index is 624. The molecule has 0 aliphatic rings. The highest BCUT2D eigenvalue weighted by molar-refractivity contribution is 9.10. The predicted octanol–water partition coefficient (Wildman–Crippen LogP) is 5.98. The van der Waals surface area contributed by atoms with Crippen LogP contribution in [0.15, 0.2) is 40.9 Å². The third-order valence-corrected chi connectivity index (χ3v) is 4.07. The molecule has 0 saturated heterocycles. The van der Waals surface area contributed by atoms with Gasteiger partial charge >= 0.3 is 0 Å². The van der Waals surface area contributed by atoms with Crippen molar-refractivity contribution in [2.45, 2.75) is 40.0 Å². The lowest BCUT2D eigenvalue weighted by atomic mass is 10.0. The van der Waals surface area contributed by atoms with Gasteiger partial charge in [0.25, 0.3) is 0 Å². The van der Waals surface area contributed by atoms with Gasteiger partial charge in [-0.25, -0.2) is 0 Å². The predicted molar refractivity (Wildman–Crippen MR) is 109 cm³/mol. The van der Waals surface area contributed by atoms with E-state index >= 15 is 0 Å². The molecule has 0 spiro atoms. The maximum Gasteiger partial charge on any atom is 0.145 e. The van der Waals surface area contributed by atoms with Crippen molar-refractivity contribution in [2.24, 2.45) is 0 Å². The molecule has 0 atom stereocenters. The van der Waals surface area contributed by atoms with E-state index in [1.807, 2.05) is 12.1 Å². The number of nitrogen functional groups attached to an aromatic ring is 1. The van der Waals surface area contributed by atoms with Crippen LogP contribution < -0.4 is 15.8 Å². The van der Waals surface area contributed by atoms with Crippen LogP contribution in [0.1, 0.15) is 44.2 Å². The molecule has 24 heavy (non-hydrogen) atoms. The van der Waals surface area contributed by atoms with Crippen molar-refractivity contribution in [1.82, 2.24) is 0 Å². The van der Waals surface area contributed by atoms with Gasteiger partial charge in [0.05, 0.1) is 12.8 Å². The largest absolute Gasteiger partial charge is 0.494 e. The molecule has 2 rings (SSSR count). The number of ether oxygens (including phenoxy) is 1. The summed E-state index contributed by atoms with van der Waals surface area (Å²) in [5.41, 5.74) is 10.2. The number of aryl methyl sites for hydroxylation is 1. The van der Waals surface area contributed by atoms with Crippen molar-refractivity contribution in [2.75, 3.05) is 24.7 Å². The molecule has 3 N–H and O–H groups in total. The van der Waals surface area contributed by atoms with E-state index in [0.29, 0.717) is 11.6 Å². The minimum absolute atomic E-state index is 0.653. The number of methoxy groups -OCH3 is 1. The Morgan fingerprint density at radius 3 is 2.29 bits per heavy atom. The smallest absolute Gasteiger partial charge is 0.145 e. The molecule has 3 nitrogen and oxygen atoms in total. The molecule has 0 fully saturated rings. The first kappa shape index (κ1) is 20.4. The van der Waals surface area contributed by atoms with Crippen molar-refractivity contribution in [3.8, 4) is 5.75 Å². The first-order valence-corrected chi connectivity index (χ1v) is 9.11. The number of anilines is 2. The van der Waals surface area contributed by atoms with E-state index in [2.05, 4.69) is 73.2 Å². The average molecular weight is 393 g/mol. The summed E-state index contributed by atoms with van der Waals surface area (Å²) in [6, 6.07) is 12.5. The minimum atomic E-state index is 0.653. The molecule has 0 heterocycles. The fraction of sp³-hybridized carbons (Fsp3) is 0.400. The summed E-state index contributed by atoms with van der Waals surface area (Å²) in [6.07, 6.45) is 1.05. The Hall–Kier alpha value is -1.68. The number of nitrogens with two attached hydrogens (primary N) is 1. The lowest BCUT2D eigenvalue weighted by Gasteiger charge is -2.13. The Labute approximate surface area is 154 Å². The number of hydrogen-bond acceptors (Lipinski definition) is 3. The van der Waals surface area contributed by atoms with Crippen LogP contribution in [0.3, 0.4) is 0 Å². The third kappa shape index (κ3) is 6.44. The normalized spacial score (nSPS) is 10.1. The topological polar surface area (TPSA) is 47.3 Å². The van der Waals surface area contributed by atoms with Crippen LogP contribution in [0.4, 0.5) is 11.4 Å². The summed E-state index contributed by atoms with van der Waals surface area (Å²) in [6.45, 7) is 9.54. The summed E-state index contributed by atoms with van der Waals surface area (Å²) in [4.78, 5) is 0. The van der Waals surface area contributed by atoms with E-state index in [0.717, 1.165) is 28.9 Å². The Kier molecular flexibility index (Phi) is 8.69. The third-order valence-electron chi connectivity index (χ3n) is 3.61. The second kappa shape index (κ2) is 10.2. The molecule has 0 aliphatic heterocycles. The van der Waals surface area contributed by atoms with Crippen LogP contribution in [0.2, 0.25) is 0 Å². The number of halogens is 1. The Balaban J connectivity index is 0.000000254. The van der Waals surface area contributed by atoms with Gasteiger partial charge in [0.15, 0.2) is 0 Å². The SMILES string of the molecule is CCCNc1c(N)cc(Br)cc1OC.Cc1ccc(C(C)C)cc1. The van der Waals surface area contributed by atoms with Crippen LogP contribution in [0.25, 0.3) is 0 Å². The fourth-order valence-electron chi connectivity index (χ4n) is 2.15. The van der Waals surface area contributed by atoms with Crippen molar-refractivity contribution >= 4 is 27.3 Å². The maximum atomic E-state index is 5.87. The van der Waals surface area contributed by atoms with Crippen LogP contribution in [-0.2, 0) is 0 Å². The monoisotopic (exact) mass is 392 g/mol. The number of benzene rings is 2. The molecule has 4 heteroatoms. The van der Waals surface area contributed by atoms with E-state index in [9.17, 15) is 0 Å². The highest BCUT2D eigenvalue weighted by Crippen LogP contribution is 2.34. The molecule has 0 saturated carbocycles. The maximum absolute atomic E-state index is 5.87. The van der Waals surface area contributed by atoms with Gasteiger partial charge in [-0.05, 0) is 37.0 Å². The summed E-state index contributed by atoms with van der Waals surface area (Å²) in [7, 11) is 1.64. The molecule has 2 aromatic rings. The van der Waals surface area contributed by atoms with Gasteiger partial charge in [-0.15, -0.1) is 0 Å². The first-order chi connectivity index (χ1) is 11.4. The van der Waals surface area contributed by atoms with Gasteiger partial charge in [0, 0.05) is 11.0 Å². The molecule has 132 valence electrons. The molecule has 0 aromatic heterocycles. The molecule has 0 aliphatic carbocycles. The van der Waals surface area contributed by atoms with Gasteiger partial charge in [-0.2, -0.15) is 0 Å². The van der Waals surface area contributed by atoms with Crippen molar-refractivity contribution in [3.63, 3.8) is 0 Å². The summed E-state index contributed by atoms with van der Waals surface area (Å²) in [5, 5.41) is 3.24. The van der Waals surface area contributed by atoms with Crippen molar-refractivity contribution < 1.29 is 4.74 Å². The molecular weight excluding hydrogens is 364 g/mol. The second-order valence-electron chi connectivity index (χ2n) is 6.06. The molecular formula is C20H29BrN2O. The highest BCUT2D eigenvalue weighted by Gasteiger charge is 2.07. The van der Waals surface area contributed by atoms with Crippen LogP contribution >= 0.6 is 15.9 Å². The van der Waals surface area contributed by atoms with Crippen molar-refractivity contribution in [1.29, 1.82) is 0 Å². The lowest BCUT2D eigenvalue weighted by Crippen LogP contribution is -2.05. The number of nitrogens with one attached hydrogen (secondary N) is 1. The van der Waals surface area contributed by atoms with E-state index in [1.165, 1.54) is 11.1 Å². The van der Waals surface area contributed by atoms with Gasteiger partial charge in [-0.3, -0.25) is 0 Å². The standard InChI is InChI=1S/C10H15BrN2O.C10H14/c1-3-4-13-10-8(12)5-7(11)6-9(10)14-2;1-8(2)10-6-4-9(3)5-7-10/h5-6,13H,3-4,12H2,1-2H3;4-8H,1-3H3. The van der Waals surface area contributed by atoms with Gasteiger partial charge in [0.2, 0.25) is 0 Å². The minimum Gasteiger partial charge on any atom is -0.494 e. The van der Waals surface area contributed by atoms with Gasteiger partial charge < -0.3 is 15.8 Å². The van der Waals surface area contributed by atoms with E-state index < -0.39 is 0 Å². The molecule has 2 aromatic carbocycles. The van der Waals surface area contributed by atoms with Gasteiger partial charge in [0.1, 0.15) is 11.4 Å². The molecule has 0 amide bonds. The van der Waals surface area contributed by atoms with Crippen LogP contribution in [-0.4, -0.2) is 13.7 Å². The second-order valence-corrected chi connectivity index (χ2v) is 6.98. The highest BCUT2D eigenvalue weighted by atomic mass is 79.9. The van der Waals surface area contributed by atoms with Crippen LogP contribution in [0.5, 0.6) is 5.75 Å². The van der Waals surface area contributed by atoms with Crippen molar-refractivity contribution in [3.05, 3.63) is 52.0 Å². The number of hydrogen-bond donors (Lipinski definition) is 2. The number of rotatable bonds is 5. The molecule has 0 radical (unpaired) electrons. The summed E-state index contributed by atoms with van der Waals surface area (Å²) >= 11 is 3.37.